The number of hydrogen-bond donors (Lipinski definition) is 2. The first-order chi connectivity index (χ1) is 8.65. The first kappa shape index (κ1) is 14.7. The fraction of sp³-hybridized carbons (Fsp3) is 0.375. The highest BCUT2D eigenvalue weighted by molar-refractivity contribution is 5.25. The van der Waals surface area contributed by atoms with Gasteiger partial charge in [0.15, 0.2) is 0 Å². The summed E-state index contributed by atoms with van der Waals surface area (Å²) in [4.78, 5) is 0. The Bertz CT molecular complexity index is 404. The molecule has 2 nitrogen and oxygen atoms in total. The number of benzene rings is 1. The molecule has 18 heavy (non-hydrogen) atoms. The van der Waals surface area contributed by atoms with E-state index in [2.05, 4.69) is 6.08 Å². The van der Waals surface area contributed by atoms with Crippen LogP contribution in [0.4, 0.5) is 0 Å². The molecule has 1 unspecified atom stereocenters. The zero-order chi connectivity index (χ0) is 13.4. The van der Waals surface area contributed by atoms with Crippen LogP contribution in [-0.2, 0) is 0 Å². The van der Waals surface area contributed by atoms with Gasteiger partial charge in [0.2, 0.25) is 0 Å². The molecular weight excluding hydrogens is 224 g/mol. The lowest BCUT2D eigenvalue weighted by molar-refractivity contribution is 0.215. The molecule has 1 aromatic carbocycles. The van der Waals surface area contributed by atoms with E-state index in [-0.39, 0.29) is 6.61 Å². The van der Waals surface area contributed by atoms with Gasteiger partial charge >= 0.3 is 0 Å². The Morgan fingerprint density at radius 1 is 1.17 bits per heavy atom. The Hall–Kier alpha value is -1.38. The molecule has 0 saturated heterocycles. The van der Waals surface area contributed by atoms with Crippen LogP contribution >= 0.6 is 0 Å². The van der Waals surface area contributed by atoms with E-state index >= 15 is 0 Å². The standard InChI is InChI=1S/C16H22O2/c1-13(11-12-17)7-6-8-14(2)16(18)15-9-4-3-5-10-15/h3-5,8-11,16-18H,6-7,12H2,1-2H3/b13-11+,14-8+. The lowest BCUT2D eigenvalue weighted by atomic mass is 10.0. The van der Waals surface area contributed by atoms with Gasteiger partial charge in [0.05, 0.1) is 12.7 Å². The fourth-order valence-corrected chi connectivity index (χ4v) is 1.80. The second-order valence-electron chi connectivity index (χ2n) is 4.53. The van der Waals surface area contributed by atoms with Crippen molar-refractivity contribution in [2.24, 2.45) is 0 Å². The third kappa shape index (κ3) is 4.86. The zero-order valence-corrected chi connectivity index (χ0v) is 11.1. The molecule has 0 bridgehead atoms. The summed E-state index contributed by atoms with van der Waals surface area (Å²) in [6.07, 6.45) is 5.16. The minimum absolute atomic E-state index is 0.0984. The van der Waals surface area contributed by atoms with Crippen LogP contribution in [0.1, 0.15) is 38.4 Å². The number of allylic oxidation sites excluding steroid dienone is 2. The van der Waals surface area contributed by atoms with Gasteiger partial charge in [-0.1, -0.05) is 48.1 Å². The number of aliphatic hydroxyl groups is 2. The predicted octanol–water partition coefficient (Wildman–Crippen LogP) is 3.39. The van der Waals surface area contributed by atoms with E-state index in [1.54, 1.807) is 0 Å². The van der Waals surface area contributed by atoms with E-state index in [1.165, 1.54) is 5.57 Å². The first-order valence-corrected chi connectivity index (χ1v) is 6.31. The second kappa shape index (κ2) is 7.85. The van der Waals surface area contributed by atoms with E-state index in [0.29, 0.717) is 0 Å². The van der Waals surface area contributed by atoms with Gasteiger partial charge in [0, 0.05) is 0 Å². The molecule has 0 fully saturated rings. The van der Waals surface area contributed by atoms with Gasteiger partial charge in [-0.25, -0.2) is 0 Å². The molecule has 2 heteroatoms. The summed E-state index contributed by atoms with van der Waals surface area (Å²) < 4.78 is 0. The molecule has 1 rings (SSSR count). The fourth-order valence-electron chi connectivity index (χ4n) is 1.80. The summed E-state index contributed by atoms with van der Waals surface area (Å²) in [6.45, 7) is 4.05. The van der Waals surface area contributed by atoms with Crippen molar-refractivity contribution in [1.29, 1.82) is 0 Å². The molecular formula is C16H22O2. The second-order valence-corrected chi connectivity index (χ2v) is 4.53. The van der Waals surface area contributed by atoms with E-state index in [1.807, 2.05) is 50.3 Å². The topological polar surface area (TPSA) is 40.5 Å². The minimum atomic E-state index is -0.520. The van der Waals surface area contributed by atoms with Crippen molar-refractivity contribution in [2.45, 2.75) is 32.8 Å². The molecule has 98 valence electrons. The Balaban J connectivity index is 2.54. The SMILES string of the molecule is C/C(=C\CO)CC/C=C(\C)C(O)c1ccccc1. The van der Waals surface area contributed by atoms with Crippen LogP contribution in [0.15, 0.2) is 53.6 Å². The van der Waals surface area contributed by atoms with E-state index in [0.717, 1.165) is 24.0 Å². The van der Waals surface area contributed by atoms with Crippen molar-refractivity contribution in [3.05, 3.63) is 59.2 Å². The summed E-state index contributed by atoms with van der Waals surface area (Å²) in [5.41, 5.74) is 3.07. The molecule has 0 saturated carbocycles. The van der Waals surface area contributed by atoms with Crippen LogP contribution in [0.25, 0.3) is 0 Å². The highest BCUT2D eigenvalue weighted by Gasteiger charge is 2.07. The zero-order valence-electron chi connectivity index (χ0n) is 11.1. The van der Waals surface area contributed by atoms with E-state index in [9.17, 15) is 5.11 Å². The average Bonchev–Trinajstić information content (AvgIpc) is 2.39. The monoisotopic (exact) mass is 246 g/mol. The highest BCUT2D eigenvalue weighted by atomic mass is 16.3. The smallest absolute Gasteiger partial charge is 0.0998 e. The van der Waals surface area contributed by atoms with Gasteiger partial charge in [0.25, 0.3) is 0 Å². The minimum Gasteiger partial charge on any atom is -0.392 e. The maximum absolute atomic E-state index is 10.1. The number of hydrogen-bond acceptors (Lipinski definition) is 2. The van der Waals surface area contributed by atoms with Crippen LogP contribution in [-0.4, -0.2) is 16.8 Å². The van der Waals surface area contributed by atoms with Crippen LogP contribution in [0.3, 0.4) is 0 Å². The van der Waals surface area contributed by atoms with Crippen LogP contribution < -0.4 is 0 Å². The Labute approximate surface area is 109 Å². The van der Waals surface area contributed by atoms with Gasteiger partial charge in [-0.3, -0.25) is 0 Å². The molecule has 0 amide bonds. The van der Waals surface area contributed by atoms with Gasteiger partial charge < -0.3 is 10.2 Å². The van der Waals surface area contributed by atoms with Crippen LogP contribution in [0, 0.1) is 0 Å². The van der Waals surface area contributed by atoms with E-state index < -0.39 is 6.10 Å². The lowest BCUT2D eigenvalue weighted by Gasteiger charge is -2.11. The normalized spacial score (nSPS) is 14.7. The predicted molar refractivity (Wildman–Crippen MR) is 75.2 cm³/mol. The Kier molecular flexibility index (Phi) is 6.40. The number of rotatable bonds is 6. The van der Waals surface area contributed by atoms with Crippen molar-refractivity contribution < 1.29 is 10.2 Å². The quantitative estimate of drug-likeness (QED) is 0.755. The van der Waals surface area contributed by atoms with Gasteiger partial charge in [-0.15, -0.1) is 0 Å². The van der Waals surface area contributed by atoms with Gasteiger partial charge in [-0.05, 0) is 37.8 Å². The molecule has 1 aromatic rings. The van der Waals surface area contributed by atoms with Crippen molar-refractivity contribution in [2.75, 3.05) is 6.61 Å². The van der Waals surface area contributed by atoms with Gasteiger partial charge in [0.1, 0.15) is 0 Å². The largest absolute Gasteiger partial charge is 0.392 e. The first-order valence-electron chi connectivity index (χ1n) is 6.31. The highest BCUT2D eigenvalue weighted by Crippen LogP contribution is 2.21. The molecule has 0 heterocycles. The van der Waals surface area contributed by atoms with Crippen LogP contribution in [0.2, 0.25) is 0 Å². The van der Waals surface area contributed by atoms with Crippen LogP contribution in [0.5, 0.6) is 0 Å². The van der Waals surface area contributed by atoms with Crippen molar-refractivity contribution in [3.63, 3.8) is 0 Å². The lowest BCUT2D eigenvalue weighted by Crippen LogP contribution is -1.98. The molecule has 0 radical (unpaired) electrons. The number of aliphatic hydroxyl groups excluding tert-OH is 2. The van der Waals surface area contributed by atoms with E-state index in [4.69, 9.17) is 5.11 Å². The summed E-state index contributed by atoms with van der Waals surface area (Å²) in [7, 11) is 0. The molecule has 0 aliphatic heterocycles. The summed E-state index contributed by atoms with van der Waals surface area (Å²) in [5, 5.41) is 18.9. The molecule has 0 aliphatic carbocycles. The maximum atomic E-state index is 10.1. The van der Waals surface area contributed by atoms with Crippen molar-refractivity contribution >= 4 is 0 Å². The molecule has 0 aliphatic rings. The Morgan fingerprint density at radius 2 is 1.83 bits per heavy atom. The van der Waals surface area contributed by atoms with Crippen molar-refractivity contribution in [1.82, 2.24) is 0 Å². The molecule has 0 spiro atoms. The summed E-state index contributed by atoms with van der Waals surface area (Å²) in [6, 6.07) is 9.66. The maximum Gasteiger partial charge on any atom is 0.0998 e. The summed E-state index contributed by atoms with van der Waals surface area (Å²) in [5.74, 6) is 0. The van der Waals surface area contributed by atoms with Gasteiger partial charge in [-0.2, -0.15) is 0 Å². The molecule has 2 N–H and O–H groups in total. The Morgan fingerprint density at radius 3 is 2.44 bits per heavy atom. The van der Waals surface area contributed by atoms with Crippen molar-refractivity contribution in [3.8, 4) is 0 Å². The molecule has 1 atom stereocenters. The summed E-state index contributed by atoms with van der Waals surface area (Å²) >= 11 is 0. The third-order valence-electron chi connectivity index (χ3n) is 2.99. The molecule has 0 aromatic heterocycles. The average molecular weight is 246 g/mol. The third-order valence-corrected chi connectivity index (χ3v) is 2.99.